The van der Waals surface area contributed by atoms with Gasteiger partial charge in [0, 0.05) is 33.6 Å². The molecular weight excluding hydrogens is 531 g/mol. The molecule has 3 rings (SSSR count). The van der Waals surface area contributed by atoms with Gasteiger partial charge in [0.05, 0.1) is 5.41 Å². The van der Waals surface area contributed by atoms with Crippen LogP contribution in [0.3, 0.4) is 0 Å². The maximum Gasteiger partial charge on any atom is 0.326 e. The molecule has 0 spiro atoms. The van der Waals surface area contributed by atoms with Crippen molar-refractivity contribution >= 4 is 52.6 Å². The standard InChI is InChI=1S/C25H27Cl3N2O6/c1-24(2)15(9-10-25(24,3)23(34)35)21(31)30-18(22(32)33)11-13-7-8-19(20(28)29-13)36-12-14-16(26)5-4-6-17(14)27/h4-8,15,18H,9-12H2,1-3H3,(H,30,31)(H,32,33)(H,34,35)/t15-,18+,25+/m1/s1. The minimum Gasteiger partial charge on any atom is -0.486 e. The summed E-state index contributed by atoms with van der Waals surface area (Å²) in [6.07, 6.45) is 0.545. The molecule has 0 aliphatic heterocycles. The van der Waals surface area contributed by atoms with E-state index < -0.39 is 40.6 Å². The lowest BCUT2D eigenvalue weighted by Crippen LogP contribution is -2.49. The number of carbonyl (C=O) groups is 3. The van der Waals surface area contributed by atoms with Gasteiger partial charge in [-0.2, -0.15) is 0 Å². The van der Waals surface area contributed by atoms with Crippen molar-refractivity contribution in [3.63, 3.8) is 0 Å². The molecule has 11 heteroatoms. The van der Waals surface area contributed by atoms with Crippen molar-refractivity contribution in [1.82, 2.24) is 10.3 Å². The number of carbonyl (C=O) groups excluding carboxylic acids is 1. The van der Waals surface area contributed by atoms with Crippen LogP contribution >= 0.6 is 34.8 Å². The molecule has 1 aliphatic carbocycles. The average molecular weight is 558 g/mol. The highest BCUT2D eigenvalue weighted by atomic mass is 35.5. The molecule has 0 unspecified atom stereocenters. The minimum atomic E-state index is -1.28. The van der Waals surface area contributed by atoms with Crippen molar-refractivity contribution in [3.05, 3.63) is 56.8 Å². The smallest absolute Gasteiger partial charge is 0.326 e. The average Bonchev–Trinajstić information content (AvgIpc) is 3.04. The van der Waals surface area contributed by atoms with Crippen LogP contribution in [-0.4, -0.2) is 39.1 Å². The lowest BCUT2D eigenvalue weighted by atomic mass is 9.65. The van der Waals surface area contributed by atoms with Gasteiger partial charge in [0.15, 0.2) is 10.9 Å². The Bertz CT molecular complexity index is 1170. The zero-order valence-corrected chi connectivity index (χ0v) is 22.2. The number of nitrogens with zero attached hydrogens (tertiary/aromatic N) is 1. The number of amides is 1. The van der Waals surface area contributed by atoms with Gasteiger partial charge in [-0.25, -0.2) is 9.78 Å². The second-order valence-corrected chi connectivity index (χ2v) is 10.8. The fourth-order valence-electron chi connectivity index (χ4n) is 4.52. The number of hydrogen-bond donors (Lipinski definition) is 3. The number of rotatable bonds is 9. The van der Waals surface area contributed by atoms with Crippen molar-refractivity contribution in [2.24, 2.45) is 16.7 Å². The van der Waals surface area contributed by atoms with E-state index in [0.717, 1.165) is 0 Å². The molecule has 36 heavy (non-hydrogen) atoms. The summed E-state index contributed by atoms with van der Waals surface area (Å²) >= 11 is 18.6. The zero-order valence-electron chi connectivity index (χ0n) is 20.0. The van der Waals surface area contributed by atoms with E-state index in [1.165, 1.54) is 0 Å². The highest BCUT2D eigenvalue weighted by Crippen LogP contribution is 2.56. The molecule has 1 heterocycles. The number of pyridine rings is 1. The van der Waals surface area contributed by atoms with Crippen molar-refractivity contribution in [3.8, 4) is 5.75 Å². The van der Waals surface area contributed by atoms with E-state index in [4.69, 9.17) is 39.5 Å². The second-order valence-electron chi connectivity index (χ2n) is 9.63. The highest BCUT2D eigenvalue weighted by Gasteiger charge is 2.58. The van der Waals surface area contributed by atoms with Gasteiger partial charge in [-0.3, -0.25) is 9.59 Å². The summed E-state index contributed by atoms with van der Waals surface area (Å²) in [5.74, 6) is -3.11. The van der Waals surface area contributed by atoms with Gasteiger partial charge in [-0.05, 0) is 49.4 Å². The summed E-state index contributed by atoms with van der Waals surface area (Å²) in [6.45, 7) is 5.13. The summed E-state index contributed by atoms with van der Waals surface area (Å²) in [4.78, 5) is 41.0. The van der Waals surface area contributed by atoms with Gasteiger partial charge in [0.25, 0.3) is 0 Å². The first-order valence-corrected chi connectivity index (χ1v) is 12.4. The normalized spacial score (nSPS) is 21.6. The maximum atomic E-state index is 13.0. The summed E-state index contributed by atoms with van der Waals surface area (Å²) in [7, 11) is 0. The van der Waals surface area contributed by atoms with E-state index >= 15 is 0 Å². The summed E-state index contributed by atoms with van der Waals surface area (Å²) in [5, 5.41) is 22.9. The quantitative estimate of drug-likeness (QED) is 0.359. The van der Waals surface area contributed by atoms with Crippen LogP contribution in [0.15, 0.2) is 30.3 Å². The molecule has 8 nitrogen and oxygen atoms in total. The summed E-state index contributed by atoms with van der Waals surface area (Å²) < 4.78 is 5.69. The predicted octanol–water partition coefficient (Wildman–Crippen LogP) is 5.26. The fraction of sp³-hybridized carbons (Fsp3) is 0.440. The number of aliphatic carboxylic acids is 2. The van der Waals surface area contributed by atoms with Crippen molar-refractivity contribution in [1.29, 1.82) is 0 Å². The van der Waals surface area contributed by atoms with Crippen LogP contribution in [0.2, 0.25) is 15.2 Å². The largest absolute Gasteiger partial charge is 0.486 e. The Balaban J connectivity index is 1.69. The first kappa shape index (κ1) is 28.0. The van der Waals surface area contributed by atoms with Gasteiger partial charge < -0.3 is 20.3 Å². The molecule has 3 atom stereocenters. The van der Waals surface area contributed by atoms with E-state index in [1.807, 2.05) is 0 Å². The minimum absolute atomic E-state index is 0.0142. The van der Waals surface area contributed by atoms with Crippen LogP contribution in [0.1, 0.15) is 44.9 Å². The maximum absolute atomic E-state index is 13.0. The third kappa shape index (κ3) is 5.56. The molecule has 0 bridgehead atoms. The Hall–Kier alpha value is -2.55. The number of halogens is 3. The Morgan fingerprint density at radius 2 is 1.75 bits per heavy atom. The first-order valence-electron chi connectivity index (χ1n) is 11.3. The lowest BCUT2D eigenvalue weighted by Gasteiger charge is -2.38. The molecule has 1 aromatic carbocycles. The van der Waals surface area contributed by atoms with Crippen LogP contribution in [0.5, 0.6) is 5.75 Å². The molecule has 2 aromatic rings. The van der Waals surface area contributed by atoms with Gasteiger partial charge in [-0.1, -0.05) is 54.7 Å². The molecule has 0 radical (unpaired) electrons. The van der Waals surface area contributed by atoms with Gasteiger partial charge in [0.1, 0.15) is 12.6 Å². The number of ether oxygens (including phenoxy) is 1. The highest BCUT2D eigenvalue weighted by molar-refractivity contribution is 6.36. The van der Waals surface area contributed by atoms with Crippen molar-refractivity contribution in [2.75, 3.05) is 0 Å². The van der Waals surface area contributed by atoms with E-state index in [1.54, 1.807) is 51.1 Å². The van der Waals surface area contributed by atoms with E-state index in [-0.39, 0.29) is 23.9 Å². The van der Waals surface area contributed by atoms with Crippen LogP contribution in [0.4, 0.5) is 0 Å². The zero-order chi connectivity index (χ0) is 26.8. The summed E-state index contributed by atoms with van der Waals surface area (Å²) in [6, 6.07) is 6.91. The molecule has 1 fully saturated rings. The lowest BCUT2D eigenvalue weighted by molar-refractivity contribution is -0.155. The molecule has 1 aromatic heterocycles. The number of carboxylic acid groups (broad SMARTS) is 2. The van der Waals surface area contributed by atoms with Gasteiger partial charge >= 0.3 is 11.9 Å². The van der Waals surface area contributed by atoms with Gasteiger partial charge in [0.2, 0.25) is 5.91 Å². The number of nitrogens with one attached hydrogen (secondary N) is 1. The molecule has 1 amide bonds. The van der Waals surface area contributed by atoms with Crippen molar-refractivity contribution < 1.29 is 29.3 Å². The van der Waals surface area contributed by atoms with Crippen LogP contribution < -0.4 is 10.1 Å². The Morgan fingerprint density at radius 1 is 1.11 bits per heavy atom. The van der Waals surface area contributed by atoms with Crippen LogP contribution in [-0.2, 0) is 27.4 Å². The number of carboxylic acids is 2. The van der Waals surface area contributed by atoms with Crippen LogP contribution in [0.25, 0.3) is 0 Å². The van der Waals surface area contributed by atoms with E-state index in [2.05, 4.69) is 10.3 Å². The fourth-order valence-corrected chi connectivity index (χ4v) is 5.26. The SMILES string of the molecule is CC1(C)[C@@H](C(=O)N[C@@H](Cc2ccc(OCc3c(Cl)cccc3Cl)c(Cl)n2)C(=O)O)CC[C@@]1(C)C(=O)O. The predicted molar refractivity (Wildman–Crippen MR) is 136 cm³/mol. The van der Waals surface area contributed by atoms with E-state index in [9.17, 15) is 24.6 Å². The topological polar surface area (TPSA) is 126 Å². The number of hydrogen-bond acceptors (Lipinski definition) is 5. The molecule has 1 aliphatic rings. The third-order valence-electron chi connectivity index (χ3n) is 7.35. The molecular formula is C25H27Cl3N2O6. The number of benzene rings is 1. The second kappa shape index (κ2) is 10.8. The monoisotopic (exact) mass is 556 g/mol. The molecule has 0 saturated heterocycles. The Kier molecular flexibility index (Phi) is 8.43. The van der Waals surface area contributed by atoms with Crippen molar-refractivity contribution in [2.45, 2.75) is 52.7 Å². The molecule has 194 valence electrons. The number of aromatic nitrogens is 1. The third-order valence-corrected chi connectivity index (χ3v) is 8.33. The van der Waals surface area contributed by atoms with Gasteiger partial charge in [-0.15, -0.1) is 0 Å². The van der Waals surface area contributed by atoms with E-state index in [0.29, 0.717) is 34.1 Å². The first-order chi connectivity index (χ1) is 16.8. The Labute approximate surface area is 223 Å². The summed E-state index contributed by atoms with van der Waals surface area (Å²) in [5.41, 5.74) is -1.04. The Morgan fingerprint density at radius 3 is 2.28 bits per heavy atom. The molecule has 1 saturated carbocycles. The van der Waals surface area contributed by atoms with Crippen LogP contribution in [0, 0.1) is 16.7 Å². The molecule has 3 N–H and O–H groups in total.